The van der Waals surface area contributed by atoms with E-state index in [1.54, 1.807) is 0 Å². The van der Waals surface area contributed by atoms with Gasteiger partial charge in [0.2, 0.25) is 5.91 Å². The Balaban J connectivity index is 0.00000312. The highest BCUT2D eigenvalue weighted by Gasteiger charge is 2.05. The average Bonchev–Trinajstić information content (AvgIpc) is 2.53. The van der Waals surface area contributed by atoms with Crippen LogP contribution >= 0.6 is 24.0 Å². The number of carbonyl (C=O) groups is 1. The van der Waals surface area contributed by atoms with Crippen molar-refractivity contribution in [3.05, 3.63) is 60.2 Å². The van der Waals surface area contributed by atoms with Gasteiger partial charge in [-0.1, -0.05) is 44.2 Å². The van der Waals surface area contributed by atoms with Crippen LogP contribution in [0.15, 0.2) is 59.6 Å². The summed E-state index contributed by atoms with van der Waals surface area (Å²) in [5.41, 5.74) is 8.56. The van der Waals surface area contributed by atoms with Gasteiger partial charge in [-0.2, -0.15) is 0 Å². The second kappa shape index (κ2) is 10.7. The molecule has 0 aliphatic carbocycles. The maximum atomic E-state index is 11.8. The Hall–Kier alpha value is -2.09. The lowest BCUT2D eigenvalue weighted by Crippen LogP contribution is -2.22. The molecular weight excluding hydrogens is 427 g/mol. The highest BCUT2D eigenvalue weighted by atomic mass is 127. The summed E-state index contributed by atoms with van der Waals surface area (Å²) in [5.74, 6) is 0.716. The first-order valence-corrected chi connectivity index (χ1v) is 8.03. The van der Waals surface area contributed by atoms with E-state index in [1.807, 2.05) is 68.4 Å². The molecule has 0 fully saturated rings. The monoisotopic (exact) mass is 452 g/mol. The quantitative estimate of drug-likeness (QED) is 0.349. The number of amides is 1. The van der Waals surface area contributed by atoms with Crippen molar-refractivity contribution in [2.75, 3.05) is 10.6 Å². The lowest BCUT2D eigenvalue weighted by molar-refractivity contribution is -0.116. The number of anilines is 2. The maximum Gasteiger partial charge on any atom is 0.224 e. The Bertz CT molecular complexity index is 702. The third-order valence-corrected chi connectivity index (χ3v) is 3.28. The summed E-state index contributed by atoms with van der Waals surface area (Å²) in [4.78, 5) is 16.2. The molecular formula is C19H25IN4O. The minimum Gasteiger partial charge on any atom is -0.370 e. The maximum absolute atomic E-state index is 11.8. The topological polar surface area (TPSA) is 79.5 Å². The van der Waals surface area contributed by atoms with Gasteiger partial charge in [0.05, 0.1) is 6.54 Å². The fraction of sp³-hybridized carbons (Fsp3) is 0.263. The van der Waals surface area contributed by atoms with E-state index in [4.69, 9.17) is 5.73 Å². The van der Waals surface area contributed by atoms with Crippen LogP contribution in [0.25, 0.3) is 0 Å². The van der Waals surface area contributed by atoms with Crippen LogP contribution in [0.1, 0.15) is 25.8 Å². The van der Waals surface area contributed by atoms with Gasteiger partial charge in [-0.05, 0) is 35.7 Å². The first-order valence-electron chi connectivity index (χ1n) is 8.03. The summed E-state index contributed by atoms with van der Waals surface area (Å²) in [7, 11) is 0. The van der Waals surface area contributed by atoms with Gasteiger partial charge in [0.25, 0.3) is 0 Å². The SMILES string of the molecule is CC(C)CC(=O)Nc1cccc(CN=C(N)Nc2ccccc2)c1.I. The molecule has 25 heavy (non-hydrogen) atoms. The predicted molar refractivity (Wildman–Crippen MR) is 115 cm³/mol. The summed E-state index contributed by atoms with van der Waals surface area (Å²) in [6.45, 7) is 4.49. The molecule has 134 valence electrons. The number of hydrogen-bond donors (Lipinski definition) is 3. The van der Waals surface area contributed by atoms with Gasteiger partial charge < -0.3 is 16.4 Å². The number of halogens is 1. The van der Waals surface area contributed by atoms with Gasteiger partial charge in [-0.25, -0.2) is 4.99 Å². The Morgan fingerprint density at radius 1 is 1.04 bits per heavy atom. The molecule has 2 rings (SSSR count). The Morgan fingerprint density at radius 2 is 1.72 bits per heavy atom. The number of para-hydroxylation sites is 1. The summed E-state index contributed by atoms with van der Waals surface area (Å²) in [5, 5.41) is 5.95. The highest BCUT2D eigenvalue weighted by Crippen LogP contribution is 2.13. The molecule has 0 unspecified atom stereocenters. The van der Waals surface area contributed by atoms with Crippen LogP contribution in [0, 0.1) is 5.92 Å². The fourth-order valence-electron chi connectivity index (χ4n) is 2.22. The van der Waals surface area contributed by atoms with E-state index in [9.17, 15) is 4.79 Å². The van der Waals surface area contributed by atoms with Gasteiger partial charge in [0, 0.05) is 17.8 Å². The highest BCUT2D eigenvalue weighted by molar-refractivity contribution is 14.0. The first-order chi connectivity index (χ1) is 11.5. The van der Waals surface area contributed by atoms with Crippen LogP contribution in [-0.2, 0) is 11.3 Å². The van der Waals surface area contributed by atoms with Crippen LogP contribution in [0.4, 0.5) is 11.4 Å². The van der Waals surface area contributed by atoms with Gasteiger partial charge in [-0.3, -0.25) is 4.79 Å². The van der Waals surface area contributed by atoms with Crippen molar-refractivity contribution in [3.63, 3.8) is 0 Å². The van der Waals surface area contributed by atoms with Crippen molar-refractivity contribution in [1.29, 1.82) is 0 Å². The minimum atomic E-state index is 0. The summed E-state index contributed by atoms with van der Waals surface area (Å²) in [6.07, 6.45) is 0.510. The van der Waals surface area contributed by atoms with Crippen molar-refractivity contribution in [1.82, 2.24) is 0 Å². The molecule has 0 bridgehead atoms. The standard InChI is InChI=1S/C19H24N4O.HI/c1-14(2)11-18(24)22-17-10-6-7-15(12-17)13-21-19(20)23-16-8-4-3-5-9-16;/h3-10,12,14H,11,13H2,1-2H3,(H,22,24)(H3,20,21,23);1H. The van der Waals surface area contributed by atoms with E-state index in [0.29, 0.717) is 24.8 Å². The molecule has 0 radical (unpaired) electrons. The van der Waals surface area contributed by atoms with Gasteiger partial charge in [-0.15, -0.1) is 24.0 Å². The largest absolute Gasteiger partial charge is 0.370 e. The molecule has 0 heterocycles. The molecule has 6 heteroatoms. The van der Waals surface area contributed by atoms with Gasteiger partial charge in [0.1, 0.15) is 0 Å². The molecule has 4 N–H and O–H groups in total. The molecule has 0 aliphatic rings. The number of aliphatic imine (C=N–C) groups is 1. The van der Waals surface area contributed by atoms with Crippen molar-refractivity contribution in [2.45, 2.75) is 26.8 Å². The van der Waals surface area contributed by atoms with Gasteiger partial charge in [0.15, 0.2) is 5.96 Å². The fourth-order valence-corrected chi connectivity index (χ4v) is 2.22. The lowest BCUT2D eigenvalue weighted by atomic mass is 10.1. The number of rotatable bonds is 6. The molecule has 2 aromatic rings. The van der Waals surface area contributed by atoms with E-state index >= 15 is 0 Å². The van der Waals surface area contributed by atoms with E-state index in [-0.39, 0.29) is 29.9 Å². The molecule has 0 saturated heterocycles. The number of guanidine groups is 1. The molecule has 2 aromatic carbocycles. The Kier molecular flexibility index (Phi) is 8.98. The van der Waals surface area contributed by atoms with Crippen molar-refractivity contribution < 1.29 is 4.79 Å². The second-order valence-corrected chi connectivity index (χ2v) is 6.04. The normalized spacial score (nSPS) is 10.9. The summed E-state index contributed by atoms with van der Waals surface area (Å²) >= 11 is 0. The molecule has 1 amide bonds. The first kappa shape index (κ1) is 21.0. The van der Waals surface area contributed by atoms with E-state index in [1.165, 1.54) is 0 Å². The molecule has 0 saturated carbocycles. The number of nitrogens with one attached hydrogen (secondary N) is 2. The van der Waals surface area contributed by atoms with Crippen LogP contribution in [-0.4, -0.2) is 11.9 Å². The summed E-state index contributed by atoms with van der Waals surface area (Å²) in [6, 6.07) is 17.3. The average molecular weight is 452 g/mol. The minimum absolute atomic E-state index is 0. The zero-order valence-electron chi connectivity index (χ0n) is 14.5. The van der Waals surface area contributed by atoms with Crippen LogP contribution in [0.2, 0.25) is 0 Å². The second-order valence-electron chi connectivity index (χ2n) is 6.04. The van der Waals surface area contributed by atoms with E-state index in [2.05, 4.69) is 15.6 Å². The lowest BCUT2D eigenvalue weighted by Gasteiger charge is -2.09. The zero-order valence-corrected chi connectivity index (χ0v) is 16.9. The number of carbonyl (C=O) groups excluding carboxylic acids is 1. The Morgan fingerprint density at radius 3 is 2.40 bits per heavy atom. The smallest absolute Gasteiger partial charge is 0.224 e. The molecule has 0 spiro atoms. The van der Waals surface area contributed by atoms with Crippen molar-refractivity contribution in [3.8, 4) is 0 Å². The predicted octanol–water partition coefficient (Wildman–Crippen LogP) is 4.22. The number of nitrogens with two attached hydrogens (primary N) is 1. The summed E-state index contributed by atoms with van der Waals surface area (Å²) < 4.78 is 0. The van der Waals surface area contributed by atoms with Crippen molar-refractivity contribution in [2.24, 2.45) is 16.6 Å². The Labute approximate surface area is 166 Å². The molecule has 0 atom stereocenters. The van der Waals surface area contributed by atoms with Gasteiger partial charge >= 0.3 is 0 Å². The number of nitrogens with zero attached hydrogens (tertiary/aromatic N) is 1. The van der Waals surface area contributed by atoms with E-state index < -0.39 is 0 Å². The third-order valence-electron chi connectivity index (χ3n) is 3.28. The van der Waals surface area contributed by atoms with E-state index in [0.717, 1.165) is 16.9 Å². The zero-order chi connectivity index (χ0) is 17.4. The number of benzene rings is 2. The van der Waals surface area contributed by atoms with Crippen LogP contribution in [0.3, 0.4) is 0 Å². The van der Waals surface area contributed by atoms with Crippen molar-refractivity contribution >= 4 is 47.2 Å². The molecule has 0 aromatic heterocycles. The van der Waals surface area contributed by atoms with Crippen LogP contribution in [0.5, 0.6) is 0 Å². The molecule has 5 nitrogen and oxygen atoms in total. The third kappa shape index (κ3) is 8.02. The molecule has 0 aliphatic heterocycles. The van der Waals surface area contributed by atoms with Crippen LogP contribution < -0.4 is 16.4 Å². The number of hydrogen-bond acceptors (Lipinski definition) is 2.